The summed E-state index contributed by atoms with van der Waals surface area (Å²) in [6, 6.07) is 22.5. The Morgan fingerprint density at radius 3 is 2.20 bits per heavy atom. The van der Waals surface area contributed by atoms with Gasteiger partial charge in [-0.3, -0.25) is 4.79 Å². The Morgan fingerprint density at radius 1 is 0.867 bits per heavy atom. The summed E-state index contributed by atoms with van der Waals surface area (Å²) < 4.78 is 6.91. The molecule has 0 saturated carbocycles. The van der Waals surface area contributed by atoms with Crippen molar-refractivity contribution in [3.8, 4) is 11.4 Å². The van der Waals surface area contributed by atoms with Crippen molar-refractivity contribution in [2.75, 3.05) is 7.11 Å². The van der Waals surface area contributed by atoms with Crippen molar-refractivity contribution in [1.29, 1.82) is 0 Å². The van der Waals surface area contributed by atoms with E-state index in [1.54, 1.807) is 11.8 Å². The molecule has 5 rings (SSSR count). The smallest absolute Gasteiger partial charge is 0.215 e. The fourth-order valence-electron chi connectivity index (χ4n) is 3.39. The quantitative estimate of drug-likeness (QED) is 0.419. The van der Waals surface area contributed by atoms with Crippen LogP contribution in [0.15, 0.2) is 72.8 Å². The van der Waals surface area contributed by atoms with Gasteiger partial charge in [-0.2, -0.15) is 5.10 Å². The van der Waals surface area contributed by atoms with Gasteiger partial charge in [-0.1, -0.05) is 42.0 Å². The first-order valence-electron chi connectivity index (χ1n) is 9.55. The maximum atomic E-state index is 13.3. The lowest BCUT2D eigenvalue weighted by Gasteiger charge is -2.04. The molecule has 0 aliphatic rings. The number of rotatable bonds is 4. The lowest BCUT2D eigenvalue weighted by Crippen LogP contribution is -2.05. The van der Waals surface area contributed by atoms with Crippen molar-refractivity contribution in [2.24, 2.45) is 0 Å². The molecule has 0 unspecified atom stereocenters. The molecule has 0 aliphatic heterocycles. The summed E-state index contributed by atoms with van der Waals surface area (Å²) in [5.74, 6) is 0.555. The third kappa shape index (κ3) is 2.99. The molecule has 0 saturated heterocycles. The second kappa shape index (κ2) is 7.08. The zero-order valence-corrected chi connectivity index (χ0v) is 16.5. The number of carbonyl (C=O) groups is 1. The van der Waals surface area contributed by atoms with Gasteiger partial charge in [0.05, 0.1) is 23.8 Å². The van der Waals surface area contributed by atoms with Gasteiger partial charge in [0.1, 0.15) is 11.3 Å². The van der Waals surface area contributed by atoms with Crippen molar-refractivity contribution in [2.45, 2.75) is 6.92 Å². The number of para-hydroxylation sites is 2. The molecule has 2 aromatic heterocycles. The van der Waals surface area contributed by atoms with E-state index in [2.05, 4.69) is 5.10 Å². The largest absolute Gasteiger partial charge is 0.497 e. The number of methoxy groups -OCH3 is 1. The standard InChI is InChI=1S/C24H18N4O2/c1-15-7-9-16(10-8-15)23(29)21-22-24(26-20-6-4-3-5-19(20)25-22)28(27-21)17-11-13-18(30-2)14-12-17/h3-14H,1-2H3. The van der Waals surface area contributed by atoms with Crippen molar-refractivity contribution in [1.82, 2.24) is 19.7 Å². The number of hydrogen-bond donors (Lipinski definition) is 0. The predicted octanol–water partition coefficient (Wildman–Crippen LogP) is 4.52. The molecule has 146 valence electrons. The SMILES string of the molecule is COc1ccc(-n2nc(C(=O)c3ccc(C)cc3)c3nc4ccccc4nc32)cc1. The highest BCUT2D eigenvalue weighted by Gasteiger charge is 2.22. The van der Waals surface area contributed by atoms with Crippen LogP contribution in [0.3, 0.4) is 0 Å². The predicted molar refractivity (Wildman–Crippen MR) is 115 cm³/mol. The zero-order valence-electron chi connectivity index (χ0n) is 16.5. The number of ketones is 1. The van der Waals surface area contributed by atoms with Gasteiger partial charge in [-0.25, -0.2) is 14.6 Å². The molecule has 0 bridgehead atoms. The van der Waals surface area contributed by atoms with Gasteiger partial charge in [-0.05, 0) is 43.3 Å². The third-order valence-corrected chi connectivity index (χ3v) is 5.02. The summed E-state index contributed by atoms with van der Waals surface area (Å²) in [6.45, 7) is 1.99. The minimum absolute atomic E-state index is 0.183. The van der Waals surface area contributed by atoms with E-state index in [0.717, 1.165) is 28.0 Å². The van der Waals surface area contributed by atoms with E-state index in [9.17, 15) is 4.79 Å². The zero-order chi connectivity index (χ0) is 20.7. The Morgan fingerprint density at radius 2 is 1.53 bits per heavy atom. The number of aryl methyl sites for hydroxylation is 1. The van der Waals surface area contributed by atoms with Crippen LogP contribution in [-0.4, -0.2) is 32.6 Å². The monoisotopic (exact) mass is 394 g/mol. The summed E-state index contributed by atoms with van der Waals surface area (Å²) in [5.41, 5.74) is 5.19. The van der Waals surface area contributed by atoms with E-state index < -0.39 is 0 Å². The molecule has 0 N–H and O–H groups in total. The molecular formula is C24H18N4O2. The molecule has 0 aliphatic carbocycles. The van der Waals surface area contributed by atoms with E-state index in [0.29, 0.717) is 16.7 Å². The lowest BCUT2D eigenvalue weighted by atomic mass is 10.1. The molecule has 0 spiro atoms. The summed E-state index contributed by atoms with van der Waals surface area (Å²) in [6.07, 6.45) is 0. The number of fused-ring (bicyclic) bond motifs is 2. The van der Waals surface area contributed by atoms with Gasteiger partial charge in [0.15, 0.2) is 11.3 Å². The number of ether oxygens (including phenoxy) is 1. The van der Waals surface area contributed by atoms with Gasteiger partial charge in [-0.15, -0.1) is 0 Å². The van der Waals surface area contributed by atoms with Crippen molar-refractivity contribution in [3.05, 3.63) is 89.6 Å². The van der Waals surface area contributed by atoms with Crippen molar-refractivity contribution >= 4 is 28.0 Å². The van der Waals surface area contributed by atoms with Crippen LogP contribution in [0, 0.1) is 6.92 Å². The van der Waals surface area contributed by atoms with Crippen molar-refractivity contribution < 1.29 is 9.53 Å². The van der Waals surface area contributed by atoms with Crippen LogP contribution < -0.4 is 4.74 Å². The highest BCUT2D eigenvalue weighted by molar-refractivity contribution is 6.14. The van der Waals surface area contributed by atoms with E-state index in [-0.39, 0.29) is 11.5 Å². The summed E-state index contributed by atoms with van der Waals surface area (Å²) in [5, 5.41) is 4.64. The molecule has 0 atom stereocenters. The molecule has 0 fully saturated rings. The second-order valence-corrected chi connectivity index (χ2v) is 7.04. The first kappa shape index (κ1) is 18.0. The average Bonchev–Trinajstić information content (AvgIpc) is 3.16. The molecule has 2 heterocycles. The normalized spacial score (nSPS) is 11.1. The van der Waals surface area contributed by atoms with Gasteiger partial charge in [0.2, 0.25) is 5.78 Å². The minimum atomic E-state index is -0.183. The molecule has 3 aromatic carbocycles. The molecule has 0 amide bonds. The Kier molecular flexibility index (Phi) is 4.25. The minimum Gasteiger partial charge on any atom is -0.497 e. The topological polar surface area (TPSA) is 69.9 Å². The van der Waals surface area contributed by atoms with E-state index >= 15 is 0 Å². The number of nitrogens with zero attached hydrogens (tertiary/aromatic N) is 4. The summed E-state index contributed by atoms with van der Waals surface area (Å²) >= 11 is 0. The molecule has 6 nitrogen and oxygen atoms in total. The van der Waals surface area contributed by atoms with Crippen LogP contribution in [0.2, 0.25) is 0 Å². The average molecular weight is 394 g/mol. The number of hydrogen-bond acceptors (Lipinski definition) is 5. The fraction of sp³-hybridized carbons (Fsp3) is 0.0833. The highest BCUT2D eigenvalue weighted by atomic mass is 16.5. The van der Waals surface area contributed by atoms with Crippen LogP contribution in [0.25, 0.3) is 27.9 Å². The maximum absolute atomic E-state index is 13.3. The maximum Gasteiger partial charge on any atom is 0.215 e. The molecule has 5 aromatic rings. The van der Waals surface area contributed by atoms with E-state index in [4.69, 9.17) is 14.7 Å². The fourth-order valence-corrected chi connectivity index (χ4v) is 3.39. The molecule has 6 heteroatoms. The highest BCUT2D eigenvalue weighted by Crippen LogP contribution is 2.25. The van der Waals surface area contributed by atoms with Crippen LogP contribution >= 0.6 is 0 Å². The van der Waals surface area contributed by atoms with Gasteiger partial charge >= 0.3 is 0 Å². The van der Waals surface area contributed by atoms with Crippen LogP contribution in [0.4, 0.5) is 0 Å². The van der Waals surface area contributed by atoms with Crippen LogP contribution in [0.1, 0.15) is 21.6 Å². The first-order valence-corrected chi connectivity index (χ1v) is 9.55. The Labute approximate surface area is 172 Å². The van der Waals surface area contributed by atoms with E-state index in [1.807, 2.05) is 79.7 Å². The number of benzene rings is 3. The Balaban J connectivity index is 1.76. The molecule has 0 radical (unpaired) electrons. The first-order chi connectivity index (χ1) is 14.6. The second-order valence-electron chi connectivity index (χ2n) is 7.04. The lowest BCUT2D eigenvalue weighted by molar-refractivity contribution is 0.103. The summed E-state index contributed by atoms with van der Waals surface area (Å²) in [4.78, 5) is 22.8. The number of aromatic nitrogens is 4. The van der Waals surface area contributed by atoms with Crippen molar-refractivity contribution in [3.63, 3.8) is 0 Å². The Hall–Kier alpha value is -4.06. The van der Waals surface area contributed by atoms with Gasteiger partial charge < -0.3 is 4.74 Å². The van der Waals surface area contributed by atoms with Gasteiger partial charge in [0.25, 0.3) is 0 Å². The third-order valence-electron chi connectivity index (χ3n) is 5.02. The van der Waals surface area contributed by atoms with E-state index in [1.165, 1.54) is 0 Å². The van der Waals surface area contributed by atoms with Crippen LogP contribution in [0.5, 0.6) is 5.75 Å². The molecule has 30 heavy (non-hydrogen) atoms. The Bertz CT molecular complexity index is 1390. The number of carbonyl (C=O) groups excluding carboxylic acids is 1. The van der Waals surface area contributed by atoms with Gasteiger partial charge in [0, 0.05) is 5.56 Å². The molecular weight excluding hydrogens is 376 g/mol. The van der Waals surface area contributed by atoms with Crippen LogP contribution in [-0.2, 0) is 0 Å². The summed E-state index contributed by atoms with van der Waals surface area (Å²) in [7, 11) is 1.62.